The zero-order valence-corrected chi connectivity index (χ0v) is 74.0. The van der Waals surface area contributed by atoms with Gasteiger partial charge in [0.1, 0.15) is 96.1 Å². The summed E-state index contributed by atoms with van der Waals surface area (Å²) >= 11 is 0. The molecule has 0 aliphatic rings. The largest absolute Gasteiger partial charge is 0.508 e. The molecule has 0 spiro atoms. The maximum absolute atomic E-state index is 14.5. The quantitative estimate of drug-likeness (QED) is 0.0166. The molecule has 726 valence electrons. The predicted molar refractivity (Wildman–Crippen MR) is 465 cm³/mol. The Balaban J connectivity index is 2.52. The number of guanidine groups is 1. The van der Waals surface area contributed by atoms with Gasteiger partial charge in [0.15, 0.2) is 5.96 Å². The second kappa shape index (κ2) is 59.2. The van der Waals surface area contributed by atoms with Crippen molar-refractivity contribution >= 4 is 118 Å². The van der Waals surface area contributed by atoms with Crippen LogP contribution in [-0.4, -0.2) is 278 Å². The van der Waals surface area contributed by atoms with E-state index in [9.17, 15) is 127 Å². The summed E-state index contributed by atoms with van der Waals surface area (Å²) in [6.07, 6.45) is -4.58. The van der Waals surface area contributed by atoms with Gasteiger partial charge in [0.2, 0.25) is 94.5 Å². The van der Waals surface area contributed by atoms with E-state index in [0.717, 1.165) is 0 Å². The number of amides is 16. The lowest BCUT2D eigenvalue weighted by molar-refractivity contribution is -0.142. The molecule has 0 aliphatic heterocycles. The molecule has 48 nitrogen and oxygen atoms in total. The van der Waals surface area contributed by atoms with E-state index in [0.29, 0.717) is 18.4 Å². The SMILES string of the molecule is CC[C@H](C)[C@H](NC(=O)[C@H](CCCNC(=N)N)NC(=O)[C@@H](N)CC(=O)O)C(=O)N[C@H](C(=O)N[C@@H](C)C(=O)N[C@@H](CCCCN)C(=O)N[C@@H](CC(C)C)C(=O)N[C@@H](CCC(N)=O)C(=O)N[C@@H](CO)C(=O)N[C@@H](CCCCN)C(=O)N[C@@H](CCC(=O)O)C(=O)N[C@@H](Cc1ccc(O)cc1)C(=O)N[C@@H](CO)C(=O)N[C@@H](CCC(N)=O)C(=O)N[C@@H](Cc1ccc(O)cc1)C(=O)O)[C@@H](C)CC. The van der Waals surface area contributed by atoms with E-state index in [1.54, 1.807) is 41.5 Å². The van der Waals surface area contributed by atoms with Gasteiger partial charge >= 0.3 is 17.9 Å². The van der Waals surface area contributed by atoms with E-state index in [-0.39, 0.29) is 107 Å². The number of phenolic OH excluding ortho intramolecular Hbond substituents is 2. The van der Waals surface area contributed by atoms with Crippen LogP contribution < -0.4 is 114 Å². The molecule has 35 N–H and O–H groups in total. The summed E-state index contributed by atoms with van der Waals surface area (Å²) in [5.41, 5.74) is 34.2. The maximum atomic E-state index is 14.5. The van der Waals surface area contributed by atoms with Crippen molar-refractivity contribution in [3.05, 3.63) is 59.7 Å². The van der Waals surface area contributed by atoms with Gasteiger partial charge in [-0.25, -0.2) is 4.79 Å². The van der Waals surface area contributed by atoms with Crippen molar-refractivity contribution in [2.45, 2.75) is 268 Å². The summed E-state index contributed by atoms with van der Waals surface area (Å²) in [4.78, 5) is 259. The number of carbonyl (C=O) groups excluding carboxylic acids is 16. The van der Waals surface area contributed by atoms with Crippen LogP contribution in [0.15, 0.2) is 48.5 Å². The molecule has 48 heteroatoms. The zero-order chi connectivity index (χ0) is 98.2. The van der Waals surface area contributed by atoms with E-state index in [4.69, 9.17) is 39.8 Å². The summed E-state index contributed by atoms with van der Waals surface area (Å²) < 4.78 is 0. The predicted octanol–water partition coefficient (Wildman–Crippen LogP) is -7.38. The molecule has 2 rings (SSSR count). The van der Waals surface area contributed by atoms with Crippen LogP contribution in [0.5, 0.6) is 11.5 Å². The van der Waals surface area contributed by atoms with Crippen LogP contribution in [-0.2, 0) is 104 Å². The number of unbranched alkanes of at least 4 members (excludes halogenated alkanes) is 2. The van der Waals surface area contributed by atoms with Crippen molar-refractivity contribution in [2.24, 2.45) is 52.2 Å². The molecule has 0 aromatic heterocycles. The molecule has 0 bridgehead atoms. The van der Waals surface area contributed by atoms with Crippen LogP contribution in [0.3, 0.4) is 0 Å². The Morgan fingerprint density at radius 3 is 1.05 bits per heavy atom. The van der Waals surface area contributed by atoms with E-state index in [1.165, 1.54) is 55.5 Å². The highest BCUT2D eigenvalue weighted by atomic mass is 16.4. The lowest BCUT2D eigenvalue weighted by Gasteiger charge is -2.31. The van der Waals surface area contributed by atoms with E-state index >= 15 is 0 Å². The van der Waals surface area contributed by atoms with Gasteiger partial charge < -0.3 is 150 Å². The Labute approximate surface area is 751 Å². The first-order valence-electron chi connectivity index (χ1n) is 42.7. The van der Waals surface area contributed by atoms with Crippen LogP contribution in [0.25, 0.3) is 0 Å². The number of nitrogens with two attached hydrogens (primary N) is 6. The van der Waals surface area contributed by atoms with Crippen molar-refractivity contribution in [1.82, 2.24) is 79.8 Å². The van der Waals surface area contributed by atoms with Gasteiger partial charge in [-0.3, -0.25) is 91.7 Å². The first-order chi connectivity index (χ1) is 61.2. The number of aliphatic hydroxyl groups excluding tert-OH is 2. The van der Waals surface area contributed by atoms with Gasteiger partial charge in [-0.05, 0) is 150 Å². The molecule has 130 heavy (non-hydrogen) atoms. The normalized spacial score (nSPS) is 15.0. The zero-order valence-electron chi connectivity index (χ0n) is 74.0. The molecule has 0 radical (unpaired) electrons. The number of rotatable bonds is 64. The average Bonchev–Trinajstić information content (AvgIpc) is 0.850. The van der Waals surface area contributed by atoms with Gasteiger partial charge in [0, 0.05) is 38.6 Å². The van der Waals surface area contributed by atoms with E-state index < -0.39 is 285 Å². The number of phenols is 2. The van der Waals surface area contributed by atoms with Crippen molar-refractivity contribution in [3.8, 4) is 11.5 Å². The number of carboxylic acids is 3. The molecule has 0 aliphatic carbocycles. The van der Waals surface area contributed by atoms with Gasteiger partial charge in [0.25, 0.3) is 0 Å². The molecular weight excluding hydrogens is 1710 g/mol. The van der Waals surface area contributed by atoms with Crippen molar-refractivity contribution in [2.75, 3.05) is 32.8 Å². The number of aliphatic hydroxyl groups is 2. The lowest BCUT2D eigenvalue weighted by atomic mass is 9.94. The first-order valence-corrected chi connectivity index (χ1v) is 42.7. The Bertz CT molecular complexity index is 4150. The van der Waals surface area contributed by atoms with Crippen LogP contribution in [0.4, 0.5) is 0 Å². The second-order valence-electron chi connectivity index (χ2n) is 31.9. The topological polar surface area (TPSA) is 826 Å². The molecular formula is C82H132N22O26. The molecule has 2 aromatic carbocycles. The third-order valence-corrected chi connectivity index (χ3v) is 20.7. The number of benzene rings is 2. The number of carbonyl (C=O) groups is 19. The summed E-state index contributed by atoms with van der Waals surface area (Å²) in [6, 6.07) is -14.5. The Morgan fingerprint density at radius 1 is 0.362 bits per heavy atom. The molecule has 2 aromatic rings. The monoisotopic (exact) mass is 1840 g/mol. The lowest BCUT2D eigenvalue weighted by Crippen LogP contribution is -2.62. The summed E-state index contributed by atoms with van der Waals surface area (Å²) in [7, 11) is 0. The number of carboxylic acid groups (broad SMARTS) is 3. The molecule has 17 atom stereocenters. The molecule has 0 saturated heterocycles. The van der Waals surface area contributed by atoms with Crippen LogP contribution >= 0.6 is 0 Å². The number of hydrogen-bond acceptors (Lipinski definition) is 27. The third-order valence-electron chi connectivity index (χ3n) is 20.7. The van der Waals surface area contributed by atoms with E-state index in [1.807, 2.05) is 0 Å². The van der Waals surface area contributed by atoms with E-state index in [2.05, 4.69) is 79.8 Å². The fraction of sp³-hybridized carbons (Fsp3) is 0.610. The number of aromatic hydroxyl groups is 2. The van der Waals surface area contributed by atoms with Crippen molar-refractivity contribution in [3.63, 3.8) is 0 Å². The highest BCUT2D eigenvalue weighted by Crippen LogP contribution is 2.19. The standard InChI is InChI=1S/C82H132N22O26/c1-8-42(5)65(104-80(128)66(43(6)9-2)103-74(122)52(17-14-34-90-82(88)89)93-68(116)49(85)38-64(113)114)79(127)91-44(7)67(115)92-50(15-10-12-32-83)70(118)98-56(35-41(3)4)75(123)96-54(27-30-62(87)110)73(121)101-59(39-105)77(125)94-51(16-11-13-33-84)69(117)95-55(28-31-63(111)112)71(119)99-57(36-45-18-22-47(107)23-19-45)76(124)102-60(40-106)78(126)97-53(26-29-61(86)109)72(120)100-58(81(129)130)37-46-20-24-48(108)25-21-46/h18-25,41-44,49-60,65-66,105-108H,8-17,26-40,83-85H2,1-7H3,(H2,86,109)(H2,87,110)(H,91,127)(H,92,115)(H,93,116)(H,94,125)(H,95,117)(H,96,123)(H,97,126)(H,98,118)(H,99,119)(H,100,120)(H,101,121)(H,102,124)(H,103,122)(H,104,128)(H,111,112)(H,113,114)(H,129,130)(H4,88,89,90)/t42-,43-,44-,49-,50-,51-,52-,53-,54-,55-,56-,57-,58-,59-,60-,65-,66-/m0/s1. The van der Waals surface area contributed by atoms with Crippen molar-refractivity contribution < 1.29 is 127 Å². The number of nitrogens with one attached hydrogen (secondary N) is 16. The minimum atomic E-state index is -2.01. The molecule has 16 amide bonds. The third kappa shape index (κ3) is 42.8. The summed E-state index contributed by atoms with van der Waals surface area (Å²) in [5.74, 6) is -24.0. The summed E-state index contributed by atoms with van der Waals surface area (Å²) in [5, 5.41) is 114. The summed E-state index contributed by atoms with van der Waals surface area (Å²) in [6.45, 7) is 9.11. The highest BCUT2D eigenvalue weighted by Gasteiger charge is 2.40. The minimum absolute atomic E-state index is 0.0387. The molecule has 0 unspecified atom stereocenters. The number of primary amides is 2. The van der Waals surface area contributed by atoms with Crippen LogP contribution in [0.2, 0.25) is 0 Å². The smallest absolute Gasteiger partial charge is 0.326 e. The Kier molecular flexibility index (Phi) is 51.5. The van der Waals surface area contributed by atoms with Crippen LogP contribution in [0, 0.1) is 23.2 Å². The van der Waals surface area contributed by atoms with Gasteiger partial charge in [0.05, 0.1) is 25.7 Å². The average molecular weight is 1840 g/mol. The molecule has 0 heterocycles. The number of hydrogen-bond donors (Lipinski definition) is 29. The Hall–Kier alpha value is -13.0. The highest BCUT2D eigenvalue weighted by molar-refractivity contribution is 6.01. The van der Waals surface area contributed by atoms with Gasteiger partial charge in [-0.2, -0.15) is 0 Å². The van der Waals surface area contributed by atoms with Gasteiger partial charge in [-0.1, -0.05) is 78.6 Å². The first kappa shape index (κ1) is 113. The van der Waals surface area contributed by atoms with Crippen molar-refractivity contribution in [1.29, 1.82) is 5.41 Å². The fourth-order valence-corrected chi connectivity index (χ4v) is 12.8. The van der Waals surface area contributed by atoms with Crippen LogP contribution in [0.1, 0.15) is 175 Å². The van der Waals surface area contributed by atoms with Gasteiger partial charge in [-0.15, -0.1) is 0 Å². The maximum Gasteiger partial charge on any atom is 0.326 e. The number of aliphatic carboxylic acids is 3. The molecule has 0 fully saturated rings. The second-order valence-corrected chi connectivity index (χ2v) is 31.9. The fourth-order valence-electron chi connectivity index (χ4n) is 12.8. The minimum Gasteiger partial charge on any atom is -0.508 e. The Morgan fingerprint density at radius 2 is 0.677 bits per heavy atom. The molecule has 0 saturated carbocycles.